The molecule has 1 saturated heterocycles. The van der Waals surface area contributed by atoms with Gasteiger partial charge in [0.25, 0.3) is 5.91 Å². The topological polar surface area (TPSA) is 49.8 Å². The highest BCUT2D eigenvalue weighted by molar-refractivity contribution is 6.42. The van der Waals surface area contributed by atoms with Crippen LogP contribution in [0.5, 0.6) is 5.75 Å². The number of carbonyl (C=O) groups excluding carboxylic acids is 1. The minimum atomic E-state index is -0.651. The Kier molecular flexibility index (Phi) is 5.47. The summed E-state index contributed by atoms with van der Waals surface area (Å²) in [5, 5.41) is 10.7. The van der Waals surface area contributed by atoms with Crippen LogP contribution in [0.1, 0.15) is 18.0 Å². The molecular formula is C18H16Cl2FNO3. The first-order valence-corrected chi connectivity index (χ1v) is 8.50. The van der Waals surface area contributed by atoms with Crippen LogP contribution in [-0.2, 0) is 4.79 Å². The average molecular weight is 384 g/mol. The summed E-state index contributed by atoms with van der Waals surface area (Å²) >= 11 is 11.8. The van der Waals surface area contributed by atoms with Gasteiger partial charge in [0.1, 0.15) is 11.6 Å². The highest BCUT2D eigenvalue weighted by atomic mass is 35.5. The number of benzene rings is 2. The zero-order valence-electron chi connectivity index (χ0n) is 13.2. The number of amides is 1. The van der Waals surface area contributed by atoms with Gasteiger partial charge in [-0.15, -0.1) is 0 Å². The largest absolute Gasteiger partial charge is 0.484 e. The molecule has 132 valence electrons. The summed E-state index contributed by atoms with van der Waals surface area (Å²) in [4.78, 5) is 14.0. The maximum absolute atomic E-state index is 13.5. The van der Waals surface area contributed by atoms with Crippen LogP contribution in [-0.4, -0.2) is 35.2 Å². The fourth-order valence-electron chi connectivity index (χ4n) is 2.91. The fraction of sp³-hybridized carbons (Fsp3) is 0.278. The third kappa shape index (κ3) is 4.24. The lowest BCUT2D eigenvalue weighted by Gasteiger charge is -2.25. The van der Waals surface area contributed by atoms with Gasteiger partial charge < -0.3 is 14.7 Å². The molecule has 4 nitrogen and oxygen atoms in total. The van der Waals surface area contributed by atoms with Crippen LogP contribution in [0, 0.1) is 5.82 Å². The molecule has 2 aromatic carbocycles. The van der Waals surface area contributed by atoms with Gasteiger partial charge in [-0.25, -0.2) is 4.39 Å². The number of nitrogens with zero attached hydrogens (tertiary/aromatic N) is 1. The summed E-state index contributed by atoms with van der Waals surface area (Å²) < 4.78 is 18.9. The maximum atomic E-state index is 13.5. The second-order valence-electron chi connectivity index (χ2n) is 5.87. The molecule has 2 atom stereocenters. The van der Waals surface area contributed by atoms with Gasteiger partial charge in [0.2, 0.25) is 0 Å². The number of carbonyl (C=O) groups is 1. The standard InChI is InChI=1S/C18H16Cl2FNO3/c19-15-5-4-14(8-16(15)20)25-10-18(24)22-9-13(23)7-17(22)11-2-1-3-12(21)6-11/h1-6,8,13,17,23H,7,9-10H2/t13-,17-/m1/s1. The number of rotatable bonds is 4. The van der Waals surface area contributed by atoms with Crippen molar-refractivity contribution < 1.29 is 19.0 Å². The molecule has 0 saturated carbocycles. The number of aliphatic hydroxyl groups excluding tert-OH is 1. The molecule has 1 heterocycles. The molecule has 0 aliphatic carbocycles. The van der Waals surface area contributed by atoms with Crippen molar-refractivity contribution in [1.82, 2.24) is 4.90 Å². The number of hydrogen-bond acceptors (Lipinski definition) is 3. The second kappa shape index (κ2) is 7.60. The Morgan fingerprint density at radius 2 is 2.04 bits per heavy atom. The smallest absolute Gasteiger partial charge is 0.261 e. The summed E-state index contributed by atoms with van der Waals surface area (Å²) in [6, 6.07) is 10.4. The van der Waals surface area contributed by atoms with Crippen molar-refractivity contribution in [3.63, 3.8) is 0 Å². The highest BCUT2D eigenvalue weighted by Crippen LogP contribution is 2.33. The Bertz CT molecular complexity index is 787. The zero-order valence-corrected chi connectivity index (χ0v) is 14.7. The minimum Gasteiger partial charge on any atom is -0.484 e. The molecule has 0 unspecified atom stereocenters. The van der Waals surface area contributed by atoms with Gasteiger partial charge in [0, 0.05) is 12.6 Å². The maximum Gasteiger partial charge on any atom is 0.261 e. The molecule has 0 bridgehead atoms. The molecular weight excluding hydrogens is 368 g/mol. The van der Waals surface area contributed by atoms with E-state index in [9.17, 15) is 14.3 Å². The Morgan fingerprint density at radius 3 is 2.76 bits per heavy atom. The highest BCUT2D eigenvalue weighted by Gasteiger charge is 2.35. The lowest BCUT2D eigenvalue weighted by molar-refractivity contribution is -0.134. The van der Waals surface area contributed by atoms with Crippen molar-refractivity contribution in [2.75, 3.05) is 13.2 Å². The molecule has 0 spiro atoms. The number of likely N-dealkylation sites (tertiary alicyclic amines) is 1. The van der Waals surface area contributed by atoms with Crippen molar-refractivity contribution in [3.05, 3.63) is 63.9 Å². The predicted octanol–water partition coefficient (Wildman–Crippen LogP) is 3.85. The van der Waals surface area contributed by atoms with E-state index in [-0.39, 0.29) is 30.9 Å². The van der Waals surface area contributed by atoms with Crippen LogP contribution in [0.3, 0.4) is 0 Å². The number of aliphatic hydroxyl groups is 1. The quantitative estimate of drug-likeness (QED) is 0.872. The van der Waals surface area contributed by atoms with E-state index in [1.807, 2.05) is 0 Å². The van der Waals surface area contributed by atoms with E-state index >= 15 is 0 Å². The third-order valence-corrected chi connectivity index (χ3v) is 4.83. The number of β-amino-alcohol motifs (C(OH)–C–C–N with tert-alkyl or cyclic N) is 1. The molecule has 1 aliphatic rings. The molecule has 25 heavy (non-hydrogen) atoms. The molecule has 3 rings (SSSR count). The summed E-state index contributed by atoms with van der Waals surface area (Å²) in [6.07, 6.45) is -0.288. The van der Waals surface area contributed by atoms with Gasteiger partial charge in [-0.1, -0.05) is 35.3 Å². The Morgan fingerprint density at radius 1 is 1.24 bits per heavy atom. The summed E-state index contributed by atoms with van der Waals surface area (Å²) in [6.45, 7) is -0.0265. The lowest BCUT2D eigenvalue weighted by atomic mass is 10.0. The van der Waals surface area contributed by atoms with Crippen LogP contribution in [0.4, 0.5) is 4.39 Å². The molecule has 7 heteroatoms. The van der Waals surface area contributed by atoms with E-state index in [4.69, 9.17) is 27.9 Å². The molecule has 2 aromatic rings. The molecule has 0 aromatic heterocycles. The molecule has 1 aliphatic heterocycles. The van der Waals surface area contributed by atoms with Crippen LogP contribution < -0.4 is 4.74 Å². The first kappa shape index (κ1) is 18.0. The predicted molar refractivity (Wildman–Crippen MR) is 93.4 cm³/mol. The van der Waals surface area contributed by atoms with Gasteiger partial charge in [-0.3, -0.25) is 4.79 Å². The lowest BCUT2D eigenvalue weighted by Crippen LogP contribution is -2.35. The van der Waals surface area contributed by atoms with Crippen LogP contribution in [0.2, 0.25) is 10.0 Å². The van der Waals surface area contributed by atoms with Crippen LogP contribution in [0.25, 0.3) is 0 Å². The van der Waals surface area contributed by atoms with Crippen molar-refractivity contribution in [3.8, 4) is 5.75 Å². The number of halogens is 3. The third-order valence-electron chi connectivity index (χ3n) is 4.09. The van der Waals surface area contributed by atoms with Crippen molar-refractivity contribution in [1.29, 1.82) is 0 Å². The molecule has 1 N–H and O–H groups in total. The van der Waals surface area contributed by atoms with E-state index < -0.39 is 6.10 Å². The summed E-state index contributed by atoms with van der Waals surface area (Å²) in [7, 11) is 0. The van der Waals surface area contributed by atoms with Crippen LogP contribution >= 0.6 is 23.2 Å². The van der Waals surface area contributed by atoms with Crippen molar-refractivity contribution >= 4 is 29.1 Å². The molecule has 1 fully saturated rings. The van der Waals surface area contributed by atoms with Gasteiger partial charge in [-0.05, 0) is 36.2 Å². The summed E-state index contributed by atoms with van der Waals surface area (Å²) in [5.74, 6) is -0.250. The van der Waals surface area contributed by atoms with Gasteiger partial charge in [0.15, 0.2) is 6.61 Å². The fourth-order valence-corrected chi connectivity index (χ4v) is 3.20. The van der Waals surface area contributed by atoms with E-state index in [2.05, 4.69) is 0 Å². The second-order valence-corrected chi connectivity index (χ2v) is 6.69. The molecule has 1 amide bonds. The monoisotopic (exact) mass is 383 g/mol. The Labute approximate surface area is 154 Å². The van der Waals surface area contributed by atoms with E-state index in [1.54, 1.807) is 24.3 Å². The minimum absolute atomic E-state index is 0.185. The first-order chi connectivity index (χ1) is 11.9. The van der Waals surface area contributed by atoms with Crippen molar-refractivity contribution in [2.24, 2.45) is 0 Å². The first-order valence-electron chi connectivity index (χ1n) is 7.75. The number of hydrogen-bond donors (Lipinski definition) is 1. The molecule has 0 radical (unpaired) electrons. The average Bonchev–Trinajstić information content (AvgIpc) is 2.98. The normalized spacial score (nSPS) is 19.9. The van der Waals surface area contributed by atoms with E-state index in [0.29, 0.717) is 27.8 Å². The van der Waals surface area contributed by atoms with Gasteiger partial charge >= 0.3 is 0 Å². The van der Waals surface area contributed by atoms with Crippen LogP contribution in [0.15, 0.2) is 42.5 Å². The number of ether oxygens (including phenoxy) is 1. The van der Waals surface area contributed by atoms with Crippen molar-refractivity contribution in [2.45, 2.75) is 18.6 Å². The Balaban J connectivity index is 1.70. The van der Waals surface area contributed by atoms with Gasteiger partial charge in [0.05, 0.1) is 22.2 Å². The zero-order chi connectivity index (χ0) is 18.0. The Hall–Kier alpha value is -1.82. The van der Waals surface area contributed by atoms with E-state index in [0.717, 1.165) is 0 Å². The SMILES string of the molecule is O=C(COc1ccc(Cl)c(Cl)c1)N1C[C@H](O)C[C@@H]1c1cccc(F)c1. The summed E-state index contributed by atoms with van der Waals surface area (Å²) in [5.41, 5.74) is 0.652. The van der Waals surface area contributed by atoms with Gasteiger partial charge in [-0.2, -0.15) is 0 Å². The van der Waals surface area contributed by atoms with E-state index in [1.165, 1.54) is 23.1 Å².